The van der Waals surface area contributed by atoms with E-state index >= 15 is 0 Å². The van der Waals surface area contributed by atoms with Crippen molar-refractivity contribution in [3.05, 3.63) is 51.7 Å². The minimum Gasteiger partial charge on any atom is -0.398 e. The third kappa shape index (κ3) is 1.93. The highest BCUT2D eigenvalue weighted by atomic mass is 35.5. The van der Waals surface area contributed by atoms with E-state index in [0.717, 1.165) is 18.4 Å². The zero-order valence-electron chi connectivity index (χ0n) is 9.84. The van der Waals surface area contributed by atoms with Gasteiger partial charge in [-0.05, 0) is 25.0 Å². The Kier molecular flexibility index (Phi) is 2.67. The normalized spacial score (nSPS) is 14.9. The quantitative estimate of drug-likeness (QED) is 0.864. The molecule has 94 valence electrons. The first-order valence-electron chi connectivity index (χ1n) is 5.97. The first kappa shape index (κ1) is 11.4. The maximum atomic E-state index is 12.1. The van der Waals surface area contributed by atoms with Crippen molar-refractivity contribution in [1.82, 2.24) is 9.13 Å². The van der Waals surface area contributed by atoms with Crippen LogP contribution in [0.25, 0.3) is 0 Å². The van der Waals surface area contributed by atoms with Crippen molar-refractivity contribution in [3.8, 4) is 0 Å². The summed E-state index contributed by atoms with van der Waals surface area (Å²) in [6, 6.07) is 5.78. The Balaban J connectivity index is 1.95. The zero-order valence-corrected chi connectivity index (χ0v) is 10.6. The molecule has 0 atom stereocenters. The minimum atomic E-state index is 0.0109. The van der Waals surface area contributed by atoms with Crippen LogP contribution in [0.15, 0.2) is 35.4 Å². The fraction of sp³-hybridized carbons (Fsp3) is 0.308. The molecule has 4 nitrogen and oxygen atoms in total. The van der Waals surface area contributed by atoms with E-state index in [1.807, 2.05) is 6.20 Å². The highest BCUT2D eigenvalue weighted by molar-refractivity contribution is 6.31. The molecule has 0 radical (unpaired) electrons. The second-order valence-electron chi connectivity index (χ2n) is 4.65. The van der Waals surface area contributed by atoms with E-state index in [2.05, 4.69) is 0 Å². The lowest BCUT2D eigenvalue weighted by Gasteiger charge is -2.08. The second kappa shape index (κ2) is 4.21. The molecule has 1 aromatic heterocycles. The van der Waals surface area contributed by atoms with Crippen molar-refractivity contribution in [2.45, 2.75) is 25.4 Å². The summed E-state index contributed by atoms with van der Waals surface area (Å²) < 4.78 is 3.43. The first-order valence-corrected chi connectivity index (χ1v) is 6.35. The molecule has 1 aliphatic rings. The number of hydrogen-bond donors (Lipinski definition) is 1. The number of nitrogens with two attached hydrogens (primary N) is 1. The van der Waals surface area contributed by atoms with Crippen molar-refractivity contribution in [2.75, 3.05) is 5.73 Å². The van der Waals surface area contributed by atoms with Crippen LogP contribution in [-0.4, -0.2) is 9.13 Å². The summed E-state index contributed by atoms with van der Waals surface area (Å²) in [4.78, 5) is 12.1. The van der Waals surface area contributed by atoms with E-state index in [0.29, 0.717) is 23.3 Å². The highest BCUT2D eigenvalue weighted by Gasteiger charge is 2.25. The molecular weight excluding hydrogens is 250 g/mol. The molecule has 1 saturated carbocycles. The van der Waals surface area contributed by atoms with Crippen molar-refractivity contribution >= 4 is 17.3 Å². The Morgan fingerprint density at radius 1 is 1.33 bits per heavy atom. The van der Waals surface area contributed by atoms with Gasteiger partial charge >= 0.3 is 5.69 Å². The molecule has 2 aromatic rings. The number of nitrogen functional groups attached to an aromatic ring is 1. The lowest BCUT2D eigenvalue weighted by molar-refractivity contribution is 0.657. The fourth-order valence-electron chi connectivity index (χ4n) is 2.09. The smallest absolute Gasteiger partial charge is 0.328 e. The topological polar surface area (TPSA) is 52.9 Å². The maximum Gasteiger partial charge on any atom is 0.328 e. The summed E-state index contributed by atoms with van der Waals surface area (Å²) in [5.41, 5.74) is 7.32. The average molecular weight is 264 g/mol. The van der Waals surface area contributed by atoms with Crippen molar-refractivity contribution in [3.63, 3.8) is 0 Å². The van der Waals surface area contributed by atoms with Gasteiger partial charge in [0.05, 0.1) is 6.54 Å². The Labute approximate surface area is 110 Å². The zero-order chi connectivity index (χ0) is 12.7. The largest absolute Gasteiger partial charge is 0.398 e. The molecule has 0 bridgehead atoms. The van der Waals surface area contributed by atoms with E-state index < -0.39 is 0 Å². The highest BCUT2D eigenvalue weighted by Crippen LogP contribution is 2.33. The lowest BCUT2D eigenvalue weighted by atomic mass is 10.2. The molecule has 0 aliphatic heterocycles. The molecule has 1 heterocycles. The monoisotopic (exact) mass is 263 g/mol. The molecule has 0 saturated heterocycles. The van der Waals surface area contributed by atoms with Gasteiger partial charge in [-0.15, -0.1) is 0 Å². The minimum absolute atomic E-state index is 0.0109. The molecule has 3 rings (SSSR count). The Morgan fingerprint density at radius 2 is 2.11 bits per heavy atom. The lowest BCUT2D eigenvalue weighted by Crippen LogP contribution is -2.24. The average Bonchev–Trinajstić information content (AvgIpc) is 3.11. The summed E-state index contributed by atoms with van der Waals surface area (Å²) in [5, 5.41) is 0.598. The van der Waals surface area contributed by atoms with Gasteiger partial charge in [-0.1, -0.05) is 17.7 Å². The summed E-state index contributed by atoms with van der Waals surface area (Å²) in [7, 11) is 0. The number of halogens is 1. The van der Waals surface area contributed by atoms with Crippen LogP contribution in [-0.2, 0) is 6.54 Å². The van der Waals surface area contributed by atoms with Gasteiger partial charge in [-0.3, -0.25) is 9.13 Å². The Bertz CT molecular complexity index is 620. The summed E-state index contributed by atoms with van der Waals surface area (Å²) in [6.45, 7) is 0.421. The van der Waals surface area contributed by atoms with Crippen LogP contribution in [0.2, 0.25) is 5.02 Å². The summed E-state index contributed by atoms with van der Waals surface area (Å²) >= 11 is 6.11. The van der Waals surface area contributed by atoms with E-state index in [9.17, 15) is 4.79 Å². The van der Waals surface area contributed by atoms with Gasteiger partial charge < -0.3 is 5.73 Å². The van der Waals surface area contributed by atoms with Crippen LogP contribution in [0.4, 0.5) is 5.69 Å². The van der Waals surface area contributed by atoms with Crippen LogP contribution >= 0.6 is 11.6 Å². The van der Waals surface area contributed by atoms with Crippen molar-refractivity contribution in [2.24, 2.45) is 0 Å². The van der Waals surface area contributed by atoms with Gasteiger partial charge in [0, 0.05) is 34.7 Å². The molecule has 5 heteroatoms. The van der Waals surface area contributed by atoms with E-state index in [1.165, 1.54) is 0 Å². The number of hydrogen-bond acceptors (Lipinski definition) is 2. The van der Waals surface area contributed by atoms with Gasteiger partial charge in [0.15, 0.2) is 0 Å². The van der Waals surface area contributed by atoms with Crippen LogP contribution in [0.5, 0.6) is 0 Å². The van der Waals surface area contributed by atoms with Gasteiger partial charge in [0.2, 0.25) is 0 Å². The molecule has 18 heavy (non-hydrogen) atoms. The molecule has 1 aliphatic carbocycles. The summed E-state index contributed by atoms with van der Waals surface area (Å²) in [6.07, 6.45) is 5.83. The number of imidazole rings is 1. The predicted octanol–water partition coefficient (Wildman–Crippen LogP) is 2.27. The third-order valence-corrected chi connectivity index (χ3v) is 3.65. The molecular formula is C13H14ClN3O. The number of nitrogens with zero attached hydrogens (tertiary/aromatic N) is 2. The fourth-order valence-corrected chi connectivity index (χ4v) is 2.33. The second-order valence-corrected chi connectivity index (χ2v) is 5.06. The number of benzene rings is 1. The van der Waals surface area contributed by atoms with Gasteiger partial charge in [0.25, 0.3) is 0 Å². The molecule has 0 amide bonds. The van der Waals surface area contributed by atoms with Crippen LogP contribution in [0.3, 0.4) is 0 Å². The molecule has 1 aromatic carbocycles. The molecule has 2 N–H and O–H groups in total. The van der Waals surface area contributed by atoms with Crippen molar-refractivity contribution in [1.29, 1.82) is 0 Å². The van der Waals surface area contributed by atoms with Crippen molar-refractivity contribution < 1.29 is 0 Å². The van der Waals surface area contributed by atoms with Crippen LogP contribution < -0.4 is 11.4 Å². The van der Waals surface area contributed by atoms with E-state index in [-0.39, 0.29) is 5.69 Å². The standard InChI is InChI=1S/C13H14ClN3O/c14-11-2-1-3-12(15)10(11)8-16-6-7-17(13(16)18)9-4-5-9/h1-3,6-7,9H,4-5,8,15H2. The van der Waals surface area contributed by atoms with Gasteiger partial charge in [-0.25, -0.2) is 4.79 Å². The Morgan fingerprint density at radius 3 is 2.78 bits per heavy atom. The first-order chi connectivity index (χ1) is 8.66. The SMILES string of the molecule is Nc1cccc(Cl)c1Cn1ccn(C2CC2)c1=O. The van der Waals surface area contributed by atoms with Crippen LogP contribution in [0, 0.1) is 0 Å². The van der Waals surface area contributed by atoms with E-state index in [4.69, 9.17) is 17.3 Å². The van der Waals surface area contributed by atoms with E-state index in [1.54, 1.807) is 33.5 Å². The third-order valence-electron chi connectivity index (χ3n) is 3.30. The van der Waals surface area contributed by atoms with Gasteiger partial charge in [0.1, 0.15) is 0 Å². The number of rotatable bonds is 3. The van der Waals surface area contributed by atoms with Crippen LogP contribution in [0.1, 0.15) is 24.4 Å². The number of anilines is 1. The molecule has 0 spiro atoms. The number of aromatic nitrogens is 2. The summed E-state index contributed by atoms with van der Waals surface area (Å²) in [5.74, 6) is 0. The van der Waals surface area contributed by atoms with Gasteiger partial charge in [-0.2, -0.15) is 0 Å². The molecule has 1 fully saturated rings. The maximum absolute atomic E-state index is 12.1. The Hall–Kier alpha value is -1.68. The predicted molar refractivity (Wildman–Crippen MR) is 71.9 cm³/mol. The molecule has 0 unspecified atom stereocenters.